The van der Waals surface area contributed by atoms with Crippen LogP contribution in [0.2, 0.25) is 0 Å². The summed E-state index contributed by atoms with van der Waals surface area (Å²) in [7, 11) is 0. The summed E-state index contributed by atoms with van der Waals surface area (Å²) in [5.41, 5.74) is 0. The van der Waals surface area contributed by atoms with Gasteiger partial charge in [0.25, 0.3) is 0 Å². The van der Waals surface area contributed by atoms with Crippen LogP contribution in [0.4, 0.5) is 0 Å². The lowest BCUT2D eigenvalue weighted by Gasteiger charge is -2.01. The third-order valence-corrected chi connectivity index (χ3v) is 3.48. The molecule has 1 aromatic rings. The Morgan fingerprint density at radius 3 is 3.17 bits per heavy atom. The predicted octanol–water partition coefficient (Wildman–Crippen LogP) is 2.13. The summed E-state index contributed by atoms with van der Waals surface area (Å²) in [6.07, 6.45) is 2.22. The highest BCUT2D eigenvalue weighted by Crippen LogP contribution is 2.26. The summed E-state index contributed by atoms with van der Waals surface area (Å²) < 4.78 is 5.57. The predicted molar refractivity (Wildman–Crippen MR) is 51.1 cm³/mol. The fraction of sp³-hybridized carbons (Fsp3) is 0.714. The van der Waals surface area contributed by atoms with Gasteiger partial charge in [-0.2, -0.15) is 16.7 Å². The lowest BCUT2D eigenvalue weighted by Crippen LogP contribution is -2.02. The minimum atomic E-state index is 0.558. The number of hydrogen-bond donors (Lipinski definition) is 0. The molecule has 0 aliphatic carbocycles. The van der Waals surface area contributed by atoms with Crippen molar-refractivity contribution in [1.82, 2.24) is 10.1 Å². The third kappa shape index (κ3) is 2.01. The molecule has 0 spiro atoms. The zero-order valence-corrected chi connectivity index (χ0v) is 8.90. The smallest absolute Gasteiger partial charge is 0.238 e. The first kappa shape index (κ1) is 8.56. The van der Waals surface area contributed by atoms with Gasteiger partial charge in [-0.15, -0.1) is 0 Å². The molecule has 0 bridgehead atoms. The first-order chi connectivity index (χ1) is 5.84. The van der Waals surface area contributed by atoms with E-state index in [1.54, 1.807) is 0 Å². The van der Waals surface area contributed by atoms with Crippen molar-refractivity contribution in [2.75, 3.05) is 11.5 Å². The maximum Gasteiger partial charge on any atom is 0.238 e. The molecule has 0 saturated carbocycles. The molecule has 1 aliphatic rings. The molecule has 1 unspecified atom stereocenters. The van der Waals surface area contributed by atoms with Gasteiger partial charge in [-0.25, -0.2) is 0 Å². The Hall–Kier alpha value is -0.0300. The van der Waals surface area contributed by atoms with Crippen molar-refractivity contribution < 1.29 is 4.52 Å². The minimum absolute atomic E-state index is 0.558. The van der Waals surface area contributed by atoms with Crippen molar-refractivity contribution in [1.29, 1.82) is 0 Å². The monoisotopic (exact) mass is 248 g/mol. The van der Waals surface area contributed by atoms with Crippen LogP contribution in [-0.4, -0.2) is 21.6 Å². The Balaban J connectivity index is 1.94. The van der Waals surface area contributed by atoms with Gasteiger partial charge in [-0.1, -0.05) is 0 Å². The average molecular weight is 249 g/mol. The van der Waals surface area contributed by atoms with Gasteiger partial charge in [0.15, 0.2) is 0 Å². The Kier molecular flexibility index (Phi) is 2.70. The maximum absolute atomic E-state index is 5.01. The highest BCUT2D eigenvalue weighted by molar-refractivity contribution is 9.10. The van der Waals surface area contributed by atoms with E-state index in [0.717, 1.165) is 18.2 Å². The van der Waals surface area contributed by atoms with E-state index in [9.17, 15) is 0 Å². The van der Waals surface area contributed by atoms with Gasteiger partial charge in [0.1, 0.15) is 0 Å². The fourth-order valence-electron chi connectivity index (χ4n) is 1.31. The summed E-state index contributed by atoms with van der Waals surface area (Å²) in [4.78, 5) is 4.10. The van der Waals surface area contributed by atoms with E-state index in [4.69, 9.17) is 4.52 Å². The lowest BCUT2D eigenvalue weighted by molar-refractivity contribution is 0.357. The van der Waals surface area contributed by atoms with Crippen LogP contribution in [0.3, 0.4) is 0 Å². The Morgan fingerprint density at radius 2 is 2.58 bits per heavy atom. The number of rotatable bonds is 2. The van der Waals surface area contributed by atoms with E-state index < -0.39 is 0 Å². The fourth-order valence-corrected chi connectivity index (χ4v) is 2.86. The number of nitrogens with zero attached hydrogens (tertiary/aromatic N) is 2. The normalized spacial score (nSPS) is 23.2. The van der Waals surface area contributed by atoms with E-state index in [1.165, 1.54) is 17.9 Å². The molecular weight excluding hydrogens is 240 g/mol. The first-order valence-corrected chi connectivity index (χ1v) is 5.85. The molecule has 2 rings (SSSR count). The van der Waals surface area contributed by atoms with Crippen LogP contribution < -0.4 is 0 Å². The van der Waals surface area contributed by atoms with Crippen LogP contribution in [-0.2, 0) is 6.42 Å². The molecule has 1 fully saturated rings. The van der Waals surface area contributed by atoms with Gasteiger partial charge < -0.3 is 4.52 Å². The second-order valence-electron chi connectivity index (χ2n) is 2.89. The van der Waals surface area contributed by atoms with E-state index in [0.29, 0.717) is 4.73 Å². The maximum atomic E-state index is 5.01. The quantitative estimate of drug-likeness (QED) is 0.804. The highest BCUT2D eigenvalue weighted by atomic mass is 79.9. The molecule has 0 amide bonds. The van der Waals surface area contributed by atoms with Gasteiger partial charge in [0.05, 0.1) is 0 Å². The molecule has 0 aromatic carbocycles. The zero-order chi connectivity index (χ0) is 8.39. The minimum Gasteiger partial charge on any atom is -0.338 e. The van der Waals surface area contributed by atoms with Crippen LogP contribution >= 0.6 is 27.7 Å². The second kappa shape index (κ2) is 3.79. The van der Waals surface area contributed by atoms with Crippen LogP contribution in [0.5, 0.6) is 0 Å². The first-order valence-electron chi connectivity index (χ1n) is 3.90. The molecule has 0 radical (unpaired) electrons. The number of thioether (sulfide) groups is 1. The van der Waals surface area contributed by atoms with Crippen LogP contribution in [0.15, 0.2) is 9.26 Å². The molecule has 12 heavy (non-hydrogen) atoms. The lowest BCUT2D eigenvalue weighted by atomic mass is 10.1. The Labute approximate surface area is 83.4 Å². The van der Waals surface area contributed by atoms with E-state index in [2.05, 4.69) is 26.1 Å². The molecule has 1 saturated heterocycles. The van der Waals surface area contributed by atoms with Crippen molar-refractivity contribution >= 4 is 27.7 Å². The van der Waals surface area contributed by atoms with Crippen molar-refractivity contribution in [2.24, 2.45) is 5.92 Å². The van der Waals surface area contributed by atoms with Crippen LogP contribution in [0, 0.1) is 5.92 Å². The van der Waals surface area contributed by atoms with E-state index in [-0.39, 0.29) is 0 Å². The second-order valence-corrected chi connectivity index (χ2v) is 4.75. The zero-order valence-electron chi connectivity index (χ0n) is 6.49. The molecule has 1 aliphatic heterocycles. The van der Waals surface area contributed by atoms with Crippen molar-refractivity contribution in [2.45, 2.75) is 12.8 Å². The van der Waals surface area contributed by atoms with E-state index in [1.807, 2.05) is 11.8 Å². The van der Waals surface area contributed by atoms with Gasteiger partial charge in [-0.05, 0) is 44.9 Å². The van der Waals surface area contributed by atoms with Crippen molar-refractivity contribution in [3.8, 4) is 0 Å². The Morgan fingerprint density at radius 1 is 1.67 bits per heavy atom. The molecule has 5 heteroatoms. The molecular formula is C7H9BrN2OS. The molecule has 66 valence electrons. The van der Waals surface area contributed by atoms with Gasteiger partial charge in [0, 0.05) is 6.42 Å². The molecule has 1 atom stereocenters. The summed E-state index contributed by atoms with van der Waals surface area (Å²) in [5, 5.41) is 3.68. The summed E-state index contributed by atoms with van der Waals surface area (Å²) >= 11 is 5.17. The summed E-state index contributed by atoms with van der Waals surface area (Å²) in [6.45, 7) is 0. The SMILES string of the molecule is Brc1noc(CC2CCSC2)n1. The van der Waals surface area contributed by atoms with Crippen LogP contribution in [0.25, 0.3) is 0 Å². The Bertz CT molecular complexity index is 260. The van der Waals surface area contributed by atoms with Gasteiger partial charge in [-0.3, -0.25) is 0 Å². The number of halogens is 1. The number of aromatic nitrogens is 2. The van der Waals surface area contributed by atoms with Gasteiger partial charge in [0.2, 0.25) is 10.6 Å². The van der Waals surface area contributed by atoms with Crippen molar-refractivity contribution in [3.05, 3.63) is 10.6 Å². The number of hydrogen-bond acceptors (Lipinski definition) is 4. The topological polar surface area (TPSA) is 38.9 Å². The van der Waals surface area contributed by atoms with Crippen molar-refractivity contribution in [3.63, 3.8) is 0 Å². The summed E-state index contributed by atoms with van der Waals surface area (Å²) in [6, 6.07) is 0. The average Bonchev–Trinajstić information content (AvgIpc) is 2.63. The molecule has 2 heterocycles. The standard InChI is InChI=1S/C7H9BrN2OS/c8-7-9-6(11-10-7)3-5-1-2-12-4-5/h5H,1-4H2. The molecule has 0 N–H and O–H groups in total. The molecule has 1 aromatic heterocycles. The third-order valence-electron chi connectivity index (χ3n) is 1.93. The van der Waals surface area contributed by atoms with Gasteiger partial charge >= 0.3 is 0 Å². The van der Waals surface area contributed by atoms with E-state index >= 15 is 0 Å². The summed E-state index contributed by atoms with van der Waals surface area (Å²) in [5.74, 6) is 4.01. The molecule has 3 nitrogen and oxygen atoms in total. The van der Waals surface area contributed by atoms with Crippen LogP contribution in [0.1, 0.15) is 12.3 Å². The highest BCUT2D eigenvalue weighted by Gasteiger charge is 2.18. The largest absolute Gasteiger partial charge is 0.338 e.